The van der Waals surface area contributed by atoms with E-state index in [0.29, 0.717) is 0 Å². The van der Waals surface area contributed by atoms with Crippen LogP contribution in [0.15, 0.2) is 0 Å². The summed E-state index contributed by atoms with van der Waals surface area (Å²) in [6.45, 7) is 0. The number of nitro groups is 1. The number of urea groups is 1. The molecule has 1 rings (SSSR count). The van der Waals surface area contributed by atoms with Gasteiger partial charge in [0.05, 0.1) is 0 Å². The molecular formula is C5H7F4N11O3. The average molecular weight is 345 g/mol. The summed E-state index contributed by atoms with van der Waals surface area (Å²) in [5.74, 6) is -4.35. The summed E-state index contributed by atoms with van der Waals surface area (Å²) in [6.07, 6.45) is 0. The lowest BCUT2D eigenvalue weighted by Crippen LogP contribution is -2.57. The molecule has 18 heteroatoms. The Hall–Kier alpha value is -3.73. The van der Waals surface area contributed by atoms with Crippen LogP contribution in [0.3, 0.4) is 0 Å². The van der Waals surface area contributed by atoms with Crippen LogP contribution in [0.1, 0.15) is 0 Å². The Morgan fingerprint density at radius 2 is 1.61 bits per heavy atom. The molecule has 14 nitrogen and oxygen atoms in total. The molecule has 0 aliphatic rings. The van der Waals surface area contributed by atoms with Gasteiger partial charge in [0.15, 0.2) is 0 Å². The van der Waals surface area contributed by atoms with E-state index < -0.39 is 39.6 Å². The van der Waals surface area contributed by atoms with Crippen LogP contribution in [0.25, 0.3) is 5.43 Å². The number of primary amides is 1. The van der Waals surface area contributed by atoms with Crippen molar-refractivity contribution in [3.8, 4) is 0 Å². The molecule has 1 aromatic rings. The maximum atomic E-state index is 11.9. The van der Waals surface area contributed by atoms with Crippen LogP contribution in [0.2, 0.25) is 0 Å². The van der Waals surface area contributed by atoms with Crippen molar-refractivity contribution in [1.29, 1.82) is 0 Å². The Bertz CT molecular complexity index is 545. The summed E-state index contributed by atoms with van der Waals surface area (Å²) in [5.41, 5.74) is 11.7. The van der Waals surface area contributed by atoms with Crippen molar-refractivity contribution in [1.82, 2.24) is 20.3 Å². The fourth-order valence-electron chi connectivity index (χ4n) is 0.755. The first-order valence-electron chi connectivity index (χ1n) is 4.82. The minimum Gasteiger partial charge on any atom is -0.338 e. The number of rotatable bonds is 4. The molecule has 0 aliphatic heterocycles. The summed E-state index contributed by atoms with van der Waals surface area (Å²) in [5, 5.41) is 11.8. The van der Waals surface area contributed by atoms with Gasteiger partial charge in [0.2, 0.25) is 11.9 Å². The van der Waals surface area contributed by atoms with Crippen LogP contribution in [0.4, 0.5) is 40.6 Å². The fraction of sp³-hybridized carbons (Fsp3) is 0. The highest BCUT2D eigenvalue weighted by molar-refractivity contribution is 5.91. The quantitative estimate of drug-likeness (QED) is 0.118. The summed E-state index contributed by atoms with van der Waals surface area (Å²) < 4.78 is 47.7. The third-order valence-electron chi connectivity index (χ3n) is 1.34. The molecule has 0 atom stereocenters. The van der Waals surface area contributed by atoms with Crippen molar-refractivity contribution in [3.05, 3.63) is 15.5 Å². The van der Waals surface area contributed by atoms with Crippen molar-refractivity contribution in [2.45, 2.75) is 0 Å². The number of hydrogen-bond acceptors (Lipinski definition) is 8. The molecule has 0 bridgehead atoms. The molecule has 1 heterocycles. The van der Waals surface area contributed by atoms with Crippen molar-refractivity contribution in [2.24, 2.45) is 11.5 Å². The molecular weight excluding hydrogens is 338 g/mol. The van der Waals surface area contributed by atoms with E-state index in [9.17, 15) is 32.8 Å². The number of nitrogens with zero attached hydrogens (tertiary/aromatic N) is 7. The lowest BCUT2D eigenvalue weighted by Gasteiger charge is -2.11. The number of halogens is 4. The number of nitrogens with two attached hydrogens (primary N) is 3. The van der Waals surface area contributed by atoms with E-state index in [2.05, 4.69) is 26.1 Å². The topological polar surface area (TPSA) is 209 Å². The highest BCUT2D eigenvalue weighted by atomic mass is 19.4. The number of hydrogen-bond donors (Lipinski definition) is 4. The van der Waals surface area contributed by atoms with Crippen molar-refractivity contribution < 1.29 is 33.2 Å². The third-order valence-corrected chi connectivity index (χ3v) is 1.34. The second-order valence-electron chi connectivity index (χ2n) is 2.98. The number of guanidine groups is 1. The molecule has 23 heavy (non-hydrogen) atoms. The number of amides is 2. The predicted molar refractivity (Wildman–Crippen MR) is 63.1 cm³/mol. The molecule has 2 amide bonds. The first-order chi connectivity index (χ1) is 10.5. The van der Waals surface area contributed by atoms with E-state index >= 15 is 0 Å². The largest absolute Gasteiger partial charge is 0.376 e. The van der Waals surface area contributed by atoms with Gasteiger partial charge in [0.25, 0.3) is 0 Å². The number of nitrogens with one attached hydrogen (secondary N) is 1. The highest BCUT2D eigenvalue weighted by Gasteiger charge is 2.12. The monoisotopic (exact) mass is 345 g/mol. The lowest BCUT2D eigenvalue weighted by molar-refractivity contribution is -0.419. The summed E-state index contributed by atoms with van der Waals surface area (Å²) in [6, 6.07) is -0.750. The Morgan fingerprint density at radius 3 is 1.83 bits per heavy atom. The zero-order valence-corrected chi connectivity index (χ0v) is 10.6. The highest BCUT2D eigenvalue weighted by Crippen LogP contribution is 2.21. The van der Waals surface area contributed by atoms with Gasteiger partial charge in [-0.25, -0.2) is 14.9 Å². The smallest absolute Gasteiger partial charge is 0.338 e. The summed E-state index contributed by atoms with van der Waals surface area (Å²) >= 11 is 0. The molecule has 0 saturated heterocycles. The molecule has 0 aromatic carbocycles. The zero-order chi connectivity index (χ0) is 18.2. The number of anilines is 2. The maximum Gasteiger partial charge on any atom is 0.376 e. The SMILES string of the molecule is NC(=[NH2+])NC(N)=O.O=[N+]([O-])[N-]c1nc(N(F)F)nc(N(F)F)n1. The van der Waals surface area contributed by atoms with Gasteiger partial charge in [-0.3, -0.25) is 11.1 Å². The molecule has 0 fully saturated rings. The van der Waals surface area contributed by atoms with Gasteiger partial charge in [0, 0.05) is 0 Å². The van der Waals surface area contributed by atoms with Gasteiger partial charge < -0.3 is 15.7 Å². The normalized spacial score (nSPS) is 9.04. The Morgan fingerprint density at radius 1 is 1.17 bits per heavy atom. The molecule has 0 aliphatic carbocycles. The van der Waals surface area contributed by atoms with Gasteiger partial charge >= 0.3 is 12.0 Å². The second-order valence-corrected chi connectivity index (χ2v) is 2.98. The minimum atomic E-state index is -1.71. The standard InChI is InChI=1S/C3F4N7O2.C2H6N4O/c4-12(5)2-8-1(11-14(15)16)9-3(10-2)13(6)7;3-1(4)6-2(5)7/h;(H6,3,4,5,6,7)/q-1;/p+1. The van der Waals surface area contributed by atoms with Gasteiger partial charge in [-0.05, 0) is 10.7 Å². The van der Waals surface area contributed by atoms with E-state index in [1.807, 2.05) is 5.32 Å². The van der Waals surface area contributed by atoms with Crippen LogP contribution in [0.5, 0.6) is 0 Å². The average Bonchev–Trinajstić information content (AvgIpc) is 2.36. The molecule has 0 spiro atoms. The Labute approximate surface area is 122 Å². The van der Waals surface area contributed by atoms with E-state index in [-0.39, 0.29) is 5.96 Å². The molecule has 0 unspecified atom stereocenters. The molecule has 1 aromatic heterocycles. The van der Waals surface area contributed by atoms with Crippen LogP contribution in [-0.2, 0) is 0 Å². The van der Waals surface area contributed by atoms with E-state index in [1.54, 1.807) is 0 Å². The van der Waals surface area contributed by atoms with E-state index in [1.165, 1.54) is 0 Å². The zero-order valence-electron chi connectivity index (χ0n) is 10.6. The number of carbonyl (C=O) groups is 1. The number of aromatic nitrogens is 3. The van der Waals surface area contributed by atoms with Gasteiger partial charge in [-0.2, -0.15) is 10.3 Å². The maximum absolute atomic E-state index is 11.9. The Kier molecular flexibility index (Phi) is 7.15. The second kappa shape index (κ2) is 8.53. The van der Waals surface area contributed by atoms with Gasteiger partial charge in [-0.1, -0.05) is 23.4 Å². The van der Waals surface area contributed by atoms with Gasteiger partial charge in [-0.15, -0.1) is 0 Å². The molecule has 0 saturated carbocycles. The van der Waals surface area contributed by atoms with Crippen molar-refractivity contribution in [2.75, 3.05) is 10.7 Å². The van der Waals surface area contributed by atoms with Crippen molar-refractivity contribution >= 4 is 29.8 Å². The first kappa shape index (κ1) is 19.3. The predicted octanol–water partition coefficient (Wildman–Crippen LogP) is -2.05. The molecule has 0 radical (unpaired) electrons. The van der Waals surface area contributed by atoms with Crippen LogP contribution in [-0.4, -0.2) is 32.0 Å². The van der Waals surface area contributed by atoms with E-state index in [4.69, 9.17) is 11.1 Å². The molecule has 128 valence electrons. The fourth-order valence-corrected chi connectivity index (χ4v) is 0.755. The number of carbonyl (C=O) groups excluding carboxylic acids is 1. The van der Waals surface area contributed by atoms with Crippen LogP contribution in [0, 0.1) is 10.1 Å². The third kappa shape index (κ3) is 8.21. The molecule has 7 N–H and O–H groups in total. The minimum absolute atomic E-state index is 0.187. The van der Waals surface area contributed by atoms with Gasteiger partial charge in [0.1, 0.15) is 11.0 Å². The van der Waals surface area contributed by atoms with Crippen molar-refractivity contribution in [3.63, 3.8) is 0 Å². The van der Waals surface area contributed by atoms with Crippen LogP contribution >= 0.6 is 0 Å². The summed E-state index contributed by atoms with van der Waals surface area (Å²) in [4.78, 5) is 27.7. The Balaban J connectivity index is 0.000000585. The first-order valence-corrected chi connectivity index (χ1v) is 4.82. The van der Waals surface area contributed by atoms with E-state index in [0.717, 1.165) is 0 Å². The summed E-state index contributed by atoms with van der Waals surface area (Å²) in [7, 11) is 0. The van der Waals surface area contributed by atoms with Crippen LogP contribution < -0.4 is 32.9 Å². The lowest BCUT2D eigenvalue weighted by atomic mass is 10.8.